The van der Waals surface area contributed by atoms with Crippen LogP contribution in [0.5, 0.6) is 5.75 Å². The van der Waals surface area contributed by atoms with Crippen LogP contribution in [0.15, 0.2) is 69.9 Å². The number of rotatable bonds is 6. The molecule has 2 aromatic carbocycles. The zero-order valence-electron chi connectivity index (χ0n) is 18.3. The van der Waals surface area contributed by atoms with Crippen LogP contribution in [0.2, 0.25) is 0 Å². The van der Waals surface area contributed by atoms with Gasteiger partial charge in [0.25, 0.3) is 5.56 Å². The minimum absolute atomic E-state index is 0.260. The SMILES string of the molecule is CCOC(=O)c1ccc(-c2ccc(C=c3sc4nc(-c5ccc(OC)cc5)nn4c3=O)o2)cc1. The molecule has 0 aliphatic rings. The summed E-state index contributed by atoms with van der Waals surface area (Å²) in [6.07, 6.45) is 1.67. The molecule has 5 aromatic rings. The zero-order valence-corrected chi connectivity index (χ0v) is 19.2. The van der Waals surface area contributed by atoms with Crippen LogP contribution in [0, 0.1) is 0 Å². The first kappa shape index (κ1) is 21.6. The maximum atomic E-state index is 12.8. The van der Waals surface area contributed by atoms with Gasteiger partial charge in [0, 0.05) is 17.2 Å². The van der Waals surface area contributed by atoms with E-state index in [4.69, 9.17) is 13.9 Å². The number of thiazole rings is 1. The number of furan rings is 1. The summed E-state index contributed by atoms with van der Waals surface area (Å²) in [7, 11) is 1.60. The average molecular weight is 474 g/mol. The molecule has 0 bridgehead atoms. The maximum absolute atomic E-state index is 12.8. The van der Waals surface area contributed by atoms with Crippen LogP contribution in [0.1, 0.15) is 23.0 Å². The quantitative estimate of drug-likeness (QED) is 0.346. The average Bonchev–Trinajstić information content (AvgIpc) is 3.57. The Balaban J connectivity index is 1.41. The highest BCUT2D eigenvalue weighted by Crippen LogP contribution is 2.24. The van der Waals surface area contributed by atoms with Crippen molar-refractivity contribution >= 4 is 28.3 Å². The standard InChI is InChI=1S/C25H19N3O5S/c1-3-32-24(30)17-6-4-15(5-7-17)20-13-12-19(33-20)14-21-23(29)28-25(34-21)26-22(27-28)16-8-10-18(31-2)11-9-16/h4-14H,3H2,1-2H3. The number of esters is 1. The summed E-state index contributed by atoms with van der Waals surface area (Å²) in [5, 5.41) is 4.36. The second-order valence-corrected chi connectivity index (χ2v) is 8.28. The highest BCUT2D eigenvalue weighted by molar-refractivity contribution is 7.15. The normalized spacial score (nSPS) is 11.8. The van der Waals surface area contributed by atoms with E-state index in [0.717, 1.165) is 16.9 Å². The van der Waals surface area contributed by atoms with Crippen LogP contribution >= 0.6 is 11.3 Å². The number of benzene rings is 2. The van der Waals surface area contributed by atoms with Crippen molar-refractivity contribution in [2.24, 2.45) is 0 Å². The molecule has 0 saturated heterocycles. The van der Waals surface area contributed by atoms with Gasteiger partial charge in [-0.3, -0.25) is 4.79 Å². The molecule has 170 valence electrons. The van der Waals surface area contributed by atoms with E-state index >= 15 is 0 Å². The van der Waals surface area contributed by atoms with Gasteiger partial charge in [-0.15, -0.1) is 5.10 Å². The molecule has 8 nitrogen and oxygen atoms in total. The van der Waals surface area contributed by atoms with Gasteiger partial charge < -0.3 is 13.9 Å². The molecule has 0 aliphatic carbocycles. The van der Waals surface area contributed by atoms with E-state index in [9.17, 15) is 9.59 Å². The minimum Gasteiger partial charge on any atom is -0.497 e. The van der Waals surface area contributed by atoms with E-state index < -0.39 is 0 Å². The van der Waals surface area contributed by atoms with Crippen LogP contribution in [0.3, 0.4) is 0 Å². The Kier molecular flexibility index (Phi) is 5.69. The van der Waals surface area contributed by atoms with Crippen LogP contribution in [-0.2, 0) is 4.74 Å². The fourth-order valence-electron chi connectivity index (χ4n) is 3.40. The lowest BCUT2D eigenvalue weighted by Crippen LogP contribution is -2.23. The molecule has 0 N–H and O–H groups in total. The van der Waals surface area contributed by atoms with Gasteiger partial charge in [0.05, 0.1) is 19.3 Å². The molecule has 0 radical (unpaired) electrons. The van der Waals surface area contributed by atoms with E-state index in [0.29, 0.717) is 39.0 Å². The van der Waals surface area contributed by atoms with E-state index in [2.05, 4.69) is 10.1 Å². The van der Waals surface area contributed by atoms with Crippen LogP contribution in [-0.4, -0.2) is 34.3 Å². The third kappa shape index (κ3) is 4.08. The molecule has 3 aromatic heterocycles. The number of fused-ring (bicyclic) bond motifs is 1. The molecular formula is C25H19N3O5S. The summed E-state index contributed by atoms with van der Waals surface area (Å²) < 4.78 is 17.8. The smallest absolute Gasteiger partial charge is 0.338 e. The Morgan fingerprint density at radius 1 is 1.06 bits per heavy atom. The van der Waals surface area contributed by atoms with Crippen molar-refractivity contribution in [2.45, 2.75) is 6.92 Å². The lowest BCUT2D eigenvalue weighted by Gasteiger charge is -2.02. The van der Waals surface area contributed by atoms with Gasteiger partial charge in [-0.1, -0.05) is 23.5 Å². The number of carbonyl (C=O) groups is 1. The third-order valence-corrected chi connectivity index (χ3v) is 6.07. The number of ether oxygens (including phenoxy) is 2. The molecule has 0 spiro atoms. The van der Waals surface area contributed by atoms with Crippen molar-refractivity contribution in [3.63, 3.8) is 0 Å². The van der Waals surface area contributed by atoms with Gasteiger partial charge in [-0.2, -0.15) is 9.50 Å². The molecule has 0 atom stereocenters. The lowest BCUT2D eigenvalue weighted by molar-refractivity contribution is 0.0526. The van der Waals surface area contributed by atoms with E-state index in [1.165, 1.54) is 15.9 Å². The van der Waals surface area contributed by atoms with E-state index in [1.54, 1.807) is 50.4 Å². The van der Waals surface area contributed by atoms with Gasteiger partial charge in [0.1, 0.15) is 21.8 Å². The fourth-order valence-corrected chi connectivity index (χ4v) is 4.28. The predicted octanol–water partition coefficient (Wildman–Crippen LogP) is 3.81. The zero-order chi connectivity index (χ0) is 23.7. The Morgan fingerprint density at radius 2 is 1.79 bits per heavy atom. The topological polar surface area (TPSA) is 95.9 Å². The minimum atomic E-state index is -0.364. The number of hydrogen-bond acceptors (Lipinski definition) is 8. The highest BCUT2D eigenvalue weighted by Gasteiger charge is 2.13. The molecule has 34 heavy (non-hydrogen) atoms. The van der Waals surface area contributed by atoms with Crippen LogP contribution in [0.25, 0.3) is 33.7 Å². The van der Waals surface area contributed by atoms with E-state index in [-0.39, 0.29) is 11.5 Å². The molecule has 0 unspecified atom stereocenters. The molecule has 0 amide bonds. The second kappa shape index (κ2) is 8.95. The van der Waals surface area contributed by atoms with Crippen molar-refractivity contribution in [2.75, 3.05) is 13.7 Å². The monoisotopic (exact) mass is 473 g/mol. The van der Waals surface area contributed by atoms with Crippen molar-refractivity contribution in [1.29, 1.82) is 0 Å². The van der Waals surface area contributed by atoms with Crippen molar-refractivity contribution in [3.8, 4) is 28.5 Å². The summed E-state index contributed by atoms with van der Waals surface area (Å²) in [6.45, 7) is 2.09. The number of nitrogens with zero attached hydrogens (tertiary/aromatic N) is 3. The van der Waals surface area contributed by atoms with Gasteiger partial charge >= 0.3 is 5.97 Å². The molecule has 0 saturated carbocycles. The van der Waals surface area contributed by atoms with Gasteiger partial charge in [0.15, 0.2) is 5.82 Å². The van der Waals surface area contributed by atoms with Crippen LogP contribution in [0.4, 0.5) is 0 Å². The van der Waals surface area contributed by atoms with Crippen LogP contribution < -0.4 is 14.8 Å². The maximum Gasteiger partial charge on any atom is 0.338 e. The summed E-state index contributed by atoms with van der Waals surface area (Å²) in [6, 6.07) is 17.9. The molecule has 9 heteroatoms. The first-order chi connectivity index (χ1) is 16.6. The van der Waals surface area contributed by atoms with E-state index in [1.807, 2.05) is 30.3 Å². The predicted molar refractivity (Wildman–Crippen MR) is 128 cm³/mol. The van der Waals surface area contributed by atoms with Gasteiger partial charge in [-0.05, 0) is 55.5 Å². The fraction of sp³-hybridized carbons (Fsp3) is 0.120. The number of carbonyl (C=O) groups excluding carboxylic acids is 1. The summed E-state index contributed by atoms with van der Waals surface area (Å²) >= 11 is 1.24. The highest BCUT2D eigenvalue weighted by atomic mass is 32.1. The first-order valence-electron chi connectivity index (χ1n) is 10.5. The molecule has 5 rings (SSSR count). The number of aromatic nitrogens is 3. The summed E-state index contributed by atoms with van der Waals surface area (Å²) in [5.41, 5.74) is 1.82. The number of hydrogen-bond donors (Lipinski definition) is 0. The largest absolute Gasteiger partial charge is 0.497 e. The number of methoxy groups -OCH3 is 1. The summed E-state index contributed by atoms with van der Waals surface area (Å²) in [4.78, 5) is 29.7. The molecule has 0 fully saturated rings. The second-order valence-electron chi connectivity index (χ2n) is 7.27. The Bertz CT molecular complexity index is 1580. The summed E-state index contributed by atoms with van der Waals surface area (Å²) in [5.74, 6) is 2.00. The Hall–Kier alpha value is -4.24. The molecule has 3 heterocycles. The Labute approximate surface area is 197 Å². The van der Waals surface area contributed by atoms with Crippen molar-refractivity contribution < 1.29 is 18.7 Å². The third-order valence-electron chi connectivity index (χ3n) is 5.11. The molecular weight excluding hydrogens is 454 g/mol. The van der Waals surface area contributed by atoms with Gasteiger partial charge in [-0.25, -0.2) is 4.79 Å². The Morgan fingerprint density at radius 3 is 2.47 bits per heavy atom. The lowest BCUT2D eigenvalue weighted by atomic mass is 10.1. The van der Waals surface area contributed by atoms with Crippen molar-refractivity contribution in [3.05, 3.63) is 86.9 Å². The first-order valence-corrected chi connectivity index (χ1v) is 11.3. The molecule has 0 aliphatic heterocycles. The van der Waals surface area contributed by atoms with Gasteiger partial charge in [0.2, 0.25) is 4.96 Å². The van der Waals surface area contributed by atoms with Crippen molar-refractivity contribution in [1.82, 2.24) is 14.6 Å².